The quantitative estimate of drug-likeness (QED) is 0.350. The summed E-state index contributed by atoms with van der Waals surface area (Å²) in [6.07, 6.45) is 7.57. The molecule has 1 spiro atoms. The molecular weight excluding hydrogens is 536 g/mol. The molecule has 204 valence electrons. The topological polar surface area (TPSA) is 111 Å². The molecule has 2 aliphatic rings. The van der Waals surface area contributed by atoms with E-state index in [4.69, 9.17) is 41.8 Å². The van der Waals surface area contributed by atoms with Gasteiger partial charge in [-0.15, -0.1) is 0 Å². The number of piperidine rings is 1. The summed E-state index contributed by atoms with van der Waals surface area (Å²) < 4.78 is 13.0. The van der Waals surface area contributed by atoms with E-state index >= 15 is 0 Å². The first-order chi connectivity index (χ1) is 18.9. The molecule has 4 aromatic rings. The molecule has 39 heavy (non-hydrogen) atoms. The molecule has 3 N–H and O–H groups in total. The number of aliphatic hydroxyl groups is 1. The van der Waals surface area contributed by atoms with E-state index in [0.717, 1.165) is 53.7 Å². The van der Waals surface area contributed by atoms with E-state index in [1.165, 1.54) is 11.8 Å². The summed E-state index contributed by atoms with van der Waals surface area (Å²) in [4.78, 5) is 17.2. The van der Waals surface area contributed by atoms with Crippen molar-refractivity contribution in [1.82, 2.24) is 19.4 Å². The molecule has 0 bridgehead atoms. The van der Waals surface area contributed by atoms with Crippen LogP contribution in [0.15, 0.2) is 58.8 Å². The number of nitrogens with two attached hydrogens (primary N) is 1. The van der Waals surface area contributed by atoms with Gasteiger partial charge in [0.15, 0.2) is 11.5 Å². The summed E-state index contributed by atoms with van der Waals surface area (Å²) in [5, 5.41) is 11.3. The number of aromatic nitrogens is 4. The molecule has 3 aromatic heterocycles. The zero-order valence-corrected chi connectivity index (χ0v) is 23.5. The van der Waals surface area contributed by atoms with Crippen LogP contribution >= 0.6 is 23.4 Å². The number of fused-ring (bicyclic) bond motifs is 1. The molecule has 1 aromatic carbocycles. The number of pyridine rings is 1. The number of rotatable bonds is 6. The number of nitrogens with zero attached hydrogens (tertiary/aromatic N) is 5. The number of imidazole rings is 1. The van der Waals surface area contributed by atoms with Crippen LogP contribution in [0.3, 0.4) is 0 Å². The van der Waals surface area contributed by atoms with Crippen LogP contribution < -0.4 is 15.4 Å². The Morgan fingerprint density at radius 1 is 1.21 bits per heavy atom. The van der Waals surface area contributed by atoms with Crippen LogP contribution in [0.2, 0.25) is 5.02 Å². The first-order valence-electron chi connectivity index (χ1n) is 13.0. The standard InChI is InChI=1S/C28H31ClN6O3S/c1-17-25(30)28(16-38-17)8-11-34(12-9-28)26-21(15-36)32-23(13-31-26)39-22-7-10-35-14-20(33-27(35)24(22)29)18-3-5-19(37-2)6-4-18/h3-7,10,13-14,17,25,36H,8-9,11-12,15-16,30H2,1-2H3/t17-,25+/m0/s1. The predicted octanol–water partition coefficient (Wildman–Crippen LogP) is 4.43. The number of hydrogen-bond donors (Lipinski definition) is 2. The fourth-order valence-corrected chi connectivity index (χ4v) is 6.67. The Balaban J connectivity index is 1.20. The van der Waals surface area contributed by atoms with E-state index in [1.54, 1.807) is 13.3 Å². The molecule has 2 fully saturated rings. The van der Waals surface area contributed by atoms with Crippen LogP contribution in [-0.2, 0) is 11.3 Å². The van der Waals surface area contributed by atoms with Gasteiger partial charge in [-0.25, -0.2) is 15.0 Å². The normalized spacial score (nSPS) is 20.7. The number of anilines is 1. The van der Waals surface area contributed by atoms with Crippen LogP contribution in [0.5, 0.6) is 5.75 Å². The third-order valence-electron chi connectivity index (χ3n) is 7.99. The van der Waals surface area contributed by atoms with E-state index < -0.39 is 0 Å². The van der Waals surface area contributed by atoms with E-state index in [1.807, 2.05) is 54.0 Å². The number of ether oxygens (including phenoxy) is 2. The van der Waals surface area contributed by atoms with Gasteiger partial charge < -0.3 is 29.6 Å². The van der Waals surface area contributed by atoms with Crippen molar-refractivity contribution >= 4 is 34.8 Å². The first kappa shape index (κ1) is 26.3. The Kier molecular flexibility index (Phi) is 7.15. The van der Waals surface area contributed by atoms with E-state index in [2.05, 4.69) is 4.90 Å². The summed E-state index contributed by atoms with van der Waals surface area (Å²) in [6, 6.07) is 9.73. The highest BCUT2D eigenvalue weighted by Crippen LogP contribution is 2.42. The maximum atomic E-state index is 10.1. The van der Waals surface area contributed by atoms with Gasteiger partial charge in [0.25, 0.3) is 0 Å². The molecule has 0 unspecified atom stereocenters. The van der Waals surface area contributed by atoms with Gasteiger partial charge in [-0.1, -0.05) is 23.4 Å². The van der Waals surface area contributed by atoms with E-state index in [-0.39, 0.29) is 24.2 Å². The second-order valence-corrected chi connectivity index (χ2v) is 11.6. The van der Waals surface area contributed by atoms with Crippen molar-refractivity contribution in [2.24, 2.45) is 11.1 Å². The molecule has 0 radical (unpaired) electrons. The molecule has 0 saturated carbocycles. The van der Waals surface area contributed by atoms with Crippen molar-refractivity contribution in [2.75, 3.05) is 31.7 Å². The summed E-state index contributed by atoms with van der Waals surface area (Å²) in [7, 11) is 1.64. The Labute approximate surface area is 236 Å². The average Bonchev–Trinajstić information content (AvgIpc) is 3.53. The van der Waals surface area contributed by atoms with Crippen molar-refractivity contribution in [2.45, 2.75) is 48.4 Å². The number of aliphatic hydroxyl groups excluding tert-OH is 1. The first-order valence-corrected chi connectivity index (χ1v) is 14.2. The van der Waals surface area contributed by atoms with Gasteiger partial charge in [-0.2, -0.15) is 0 Å². The maximum absolute atomic E-state index is 10.1. The lowest BCUT2D eigenvalue weighted by Gasteiger charge is -2.41. The average molecular weight is 567 g/mol. The Morgan fingerprint density at radius 3 is 2.64 bits per heavy atom. The molecule has 2 atom stereocenters. The maximum Gasteiger partial charge on any atom is 0.157 e. The number of benzene rings is 1. The molecule has 0 aliphatic carbocycles. The molecule has 2 aliphatic heterocycles. The van der Waals surface area contributed by atoms with Gasteiger partial charge >= 0.3 is 0 Å². The summed E-state index contributed by atoms with van der Waals surface area (Å²) in [6.45, 7) is 4.17. The van der Waals surface area contributed by atoms with Gasteiger partial charge in [-0.05, 0) is 50.1 Å². The number of hydrogen-bond acceptors (Lipinski definition) is 9. The fraction of sp³-hybridized carbons (Fsp3) is 0.393. The molecular formula is C28H31ClN6O3S. The lowest BCUT2D eigenvalue weighted by atomic mass is 9.73. The van der Waals surface area contributed by atoms with Crippen molar-refractivity contribution in [3.05, 3.63) is 59.6 Å². The highest BCUT2D eigenvalue weighted by Gasteiger charge is 2.47. The second kappa shape index (κ2) is 10.6. The second-order valence-electron chi connectivity index (χ2n) is 10.2. The predicted molar refractivity (Wildman–Crippen MR) is 152 cm³/mol. The summed E-state index contributed by atoms with van der Waals surface area (Å²) in [5.41, 5.74) is 9.49. The van der Waals surface area contributed by atoms with E-state index in [0.29, 0.717) is 28.0 Å². The number of halogens is 1. The van der Waals surface area contributed by atoms with Crippen LogP contribution in [0.4, 0.5) is 5.82 Å². The van der Waals surface area contributed by atoms with Gasteiger partial charge in [0.05, 0.1) is 43.3 Å². The minimum atomic E-state index is -0.198. The molecule has 6 rings (SSSR count). The molecule has 5 heterocycles. The monoisotopic (exact) mass is 566 g/mol. The zero-order valence-electron chi connectivity index (χ0n) is 21.9. The third kappa shape index (κ3) is 4.85. The van der Waals surface area contributed by atoms with Crippen LogP contribution in [0.25, 0.3) is 16.9 Å². The van der Waals surface area contributed by atoms with Crippen LogP contribution in [-0.4, -0.2) is 63.4 Å². The van der Waals surface area contributed by atoms with Gasteiger partial charge in [0.1, 0.15) is 16.5 Å². The molecule has 0 amide bonds. The third-order valence-corrected chi connectivity index (χ3v) is 9.44. The minimum Gasteiger partial charge on any atom is -0.497 e. The smallest absolute Gasteiger partial charge is 0.157 e. The van der Waals surface area contributed by atoms with Gasteiger partial charge in [-0.3, -0.25) is 0 Å². The molecule has 2 saturated heterocycles. The number of methoxy groups -OCH3 is 1. The van der Waals surface area contributed by atoms with Gasteiger partial charge in [0, 0.05) is 47.4 Å². The fourth-order valence-electron chi connectivity index (χ4n) is 5.55. The van der Waals surface area contributed by atoms with Gasteiger partial charge in [0.2, 0.25) is 0 Å². The summed E-state index contributed by atoms with van der Waals surface area (Å²) in [5.74, 6) is 1.51. The van der Waals surface area contributed by atoms with Crippen molar-refractivity contribution < 1.29 is 14.6 Å². The van der Waals surface area contributed by atoms with Crippen molar-refractivity contribution in [3.8, 4) is 17.0 Å². The highest BCUT2D eigenvalue weighted by atomic mass is 35.5. The largest absolute Gasteiger partial charge is 0.497 e. The lowest BCUT2D eigenvalue weighted by molar-refractivity contribution is 0.0973. The lowest BCUT2D eigenvalue weighted by Crippen LogP contribution is -2.51. The molecule has 9 nitrogen and oxygen atoms in total. The minimum absolute atomic E-state index is 0.0218. The van der Waals surface area contributed by atoms with Crippen LogP contribution in [0.1, 0.15) is 25.5 Å². The Hall–Kier alpha value is -2.89. The SMILES string of the molecule is COc1ccc(-c2cn3ccc(Sc4cnc(N5CCC6(CC5)CO[C@@H](C)[C@H]6N)c(CO)n4)c(Cl)c3n2)cc1. The zero-order chi connectivity index (χ0) is 27.1. The van der Waals surface area contributed by atoms with E-state index in [9.17, 15) is 5.11 Å². The Morgan fingerprint density at radius 2 is 1.97 bits per heavy atom. The van der Waals surface area contributed by atoms with Crippen molar-refractivity contribution in [3.63, 3.8) is 0 Å². The van der Waals surface area contributed by atoms with Crippen LogP contribution in [0, 0.1) is 5.41 Å². The highest BCUT2D eigenvalue weighted by molar-refractivity contribution is 7.99. The Bertz CT molecular complexity index is 1490. The summed E-state index contributed by atoms with van der Waals surface area (Å²) >= 11 is 8.20. The van der Waals surface area contributed by atoms with Crippen molar-refractivity contribution in [1.29, 1.82) is 0 Å². The molecule has 11 heteroatoms.